The van der Waals surface area contributed by atoms with Crippen molar-refractivity contribution in [2.75, 3.05) is 0 Å². The molecule has 29 heavy (non-hydrogen) atoms. The Hall–Kier alpha value is -0.860. The molecule has 2 nitrogen and oxygen atoms in total. The van der Waals surface area contributed by atoms with Gasteiger partial charge in [-0.15, -0.1) is 0 Å². The smallest absolute Gasteiger partial charge is 0.0792 e. The molecule has 4 fully saturated rings. The van der Waals surface area contributed by atoms with Crippen molar-refractivity contribution in [2.24, 2.45) is 40.4 Å². The van der Waals surface area contributed by atoms with Crippen molar-refractivity contribution in [3.63, 3.8) is 0 Å². The monoisotopic (exact) mass is 396 g/mol. The van der Waals surface area contributed by atoms with Crippen molar-refractivity contribution in [2.45, 2.75) is 90.3 Å². The number of fused-ring (bicyclic) bond motifs is 5. The van der Waals surface area contributed by atoms with E-state index in [-0.39, 0.29) is 12.2 Å². The number of aliphatic hydroxyl groups is 2. The molecule has 0 saturated heterocycles. The SMILES string of the molecule is CC12CCC(O)CC1CCC1C2CC[C@@]2(C)C1CC[C@@H]2CC(O)c1ccccc1. The van der Waals surface area contributed by atoms with Gasteiger partial charge in [0.2, 0.25) is 0 Å². The van der Waals surface area contributed by atoms with E-state index in [2.05, 4.69) is 26.0 Å². The van der Waals surface area contributed by atoms with Crippen LogP contribution in [0.1, 0.15) is 89.7 Å². The molecule has 0 aromatic heterocycles. The van der Waals surface area contributed by atoms with Crippen LogP contribution in [0.15, 0.2) is 30.3 Å². The summed E-state index contributed by atoms with van der Waals surface area (Å²) in [5.74, 6) is 3.99. The van der Waals surface area contributed by atoms with Crippen LogP contribution in [0.3, 0.4) is 0 Å². The minimum Gasteiger partial charge on any atom is -0.393 e. The number of aliphatic hydroxyl groups excluding tert-OH is 2. The highest BCUT2D eigenvalue weighted by Crippen LogP contribution is 2.68. The molecule has 1 aromatic rings. The zero-order valence-corrected chi connectivity index (χ0v) is 18.4. The van der Waals surface area contributed by atoms with Gasteiger partial charge < -0.3 is 10.2 Å². The summed E-state index contributed by atoms with van der Waals surface area (Å²) in [6.07, 6.45) is 12.0. The van der Waals surface area contributed by atoms with Crippen LogP contribution in [0.25, 0.3) is 0 Å². The first-order valence-corrected chi connectivity index (χ1v) is 12.3. The van der Waals surface area contributed by atoms with Crippen LogP contribution in [-0.2, 0) is 0 Å². The summed E-state index contributed by atoms with van der Waals surface area (Å²) < 4.78 is 0. The van der Waals surface area contributed by atoms with Crippen molar-refractivity contribution < 1.29 is 10.2 Å². The van der Waals surface area contributed by atoms with Gasteiger partial charge in [0.15, 0.2) is 0 Å². The molecule has 2 heteroatoms. The Morgan fingerprint density at radius 2 is 1.62 bits per heavy atom. The Labute approximate surface area is 177 Å². The molecule has 4 aliphatic rings. The predicted octanol–water partition coefficient (Wildman–Crippen LogP) is 6.13. The van der Waals surface area contributed by atoms with Crippen molar-refractivity contribution in [1.82, 2.24) is 0 Å². The van der Waals surface area contributed by atoms with Crippen LogP contribution in [-0.4, -0.2) is 16.3 Å². The molecule has 7 unspecified atom stereocenters. The second-order valence-electron chi connectivity index (χ2n) is 11.6. The summed E-state index contributed by atoms with van der Waals surface area (Å²) in [5.41, 5.74) is 1.96. The third-order valence-electron chi connectivity index (χ3n) is 10.5. The van der Waals surface area contributed by atoms with Gasteiger partial charge in [0.25, 0.3) is 0 Å². The van der Waals surface area contributed by atoms with Crippen molar-refractivity contribution in [3.8, 4) is 0 Å². The van der Waals surface area contributed by atoms with E-state index in [1.54, 1.807) is 0 Å². The molecular formula is C27H40O2. The van der Waals surface area contributed by atoms with Gasteiger partial charge in [-0.1, -0.05) is 44.2 Å². The first kappa shape index (κ1) is 20.1. The standard InChI is InChI=1S/C27H40O2/c1-26-14-12-21(28)16-19(26)8-10-22-23-11-9-20(27(23,2)15-13-24(22)26)17-25(29)18-6-4-3-5-7-18/h3-7,19-25,28-29H,8-17H2,1-2H3/t19?,20-,21?,22?,23?,24?,25?,26?,27-/m1/s1. The maximum absolute atomic E-state index is 10.9. The lowest BCUT2D eigenvalue weighted by Crippen LogP contribution is -2.53. The molecule has 0 bridgehead atoms. The molecule has 0 heterocycles. The maximum atomic E-state index is 10.9. The van der Waals surface area contributed by atoms with Crippen LogP contribution in [0.4, 0.5) is 0 Å². The van der Waals surface area contributed by atoms with Crippen molar-refractivity contribution in [1.29, 1.82) is 0 Å². The summed E-state index contributed by atoms with van der Waals surface area (Å²) in [4.78, 5) is 0. The van der Waals surface area contributed by atoms with E-state index in [1.807, 2.05) is 18.2 Å². The van der Waals surface area contributed by atoms with E-state index in [0.717, 1.165) is 48.5 Å². The Kier molecular flexibility index (Phi) is 5.10. The van der Waals surface area contributed by atoms with Crippen LogP contribution < -0.4 is 0 Å². The fourth-order valence-corrected chi connectivity index (χ4v) is 8.81. The lowest BCUT2D eigenvalue weighted by atomic mass is 9.44. The topological polar surface area (TPSA) is 40.5 Å². The molecule has 0 radical (unpaired) electrons. The summed E-state index contributed by atoms with van der Waals surface area (Å²) >= 11 is 0. The van der Waals surface area contributed by atoms with Crippen molar-refractivity contribution in [3.05, 3.63) is 35.9 Å². The van der Waals surface area contributed by atoms with E-state index in [4.69, 9.17) is 0 Å². The summed E-state index contributed by atoms with van der Waals surface area (Å²) in [6.45, 7) is 5.15. The second-order valence-corrected chi connectivity index (χ2v) is 11.6. The molecule has 1 aromatic carbocycles. The van der Waals surface area contributed by atoms with Crippen LogP contribution in [0, 0.1) is 40.4 Å². The lowest BCUT2D eigenvalue weighted by Gasteiger charge is -2.61. The quantitative estimate of drug-likeness (QED) is 0.645. The third-order valence-corrected chi connectivity index (χ3v) is 10.5. The average Bonchev–Trinajstić information content (AvgIpc) is 3.05. The zero-order chi connectivity index (χ0) is 20.2. The number of benzene rings is 1. The Balaban J connectivity index is 1.33. The summed E-state index contributed by atoms with van der Waals surface area (Å²) in [6, 6.07) is 10.3. The van der Waals surface area contributed by atoms with Crippen molar-refractivity contribution >= 4 is 0 Å². The van der Waals surface area contributed by atoms with Gasteiger partial charge in [-0.2, -0.15) is 0 Å². The fourth-order valence-electron chi connectivity index (χ4n) is 8.81. The molecule has 0 aliphatic heterocycles. The zero-order valence-electron chi connectivity index (χ0n) is 18.4. The average molecular weight is 397 g/mol. The normalized spacial score (nSPS) is 47.7. The first-order chi connectivity index (χ1) is 13.9. The van der Waals surface area contributed by atoms with Crippen LogP contribution >= 0.6 is 0 Å². The fraction of sp³-hybridized carbons (Fsp3) is 0.778. The highest BCUT2D eigenvalue weighted by Gasteiger charge is 2.60. The minimum atomic E-state index is -0.317. The van der Waals surface area contributed by atoms with Gasteiger partial charge in [-0.05, 0) is 110 Å². The Morgan fingerprint density at radius 1 is 0.897 bits per heavy atom. The first-order valence-electron chi connectivity index (χ1n) is 12.3. The molecule has 4 aliphatic carbocycles. The predicted molar refractivity (Wildman–Crippen MR) is 117 cm³/mol. The Morgan fingerprint density at radius 3 is 2.41 bits per heavy atom. The van der Waals surface area contributed by atoms with E-state index in [1.165, 1.54) is 44.9 Å². The van der Waals surface area contributed by atoms with E-state index in [0.29, 0.717) is 16.7 Å². The van der Waals surface area contributed by atoms with Gasteiger partial charge >= 0.3 is 0 Å². The van der Waals surface area contributed by atoms with Gasteiger partial charge in [-0.25, -0.2) is 0 Å². The number of hydrogen-bond donors (Lipinski definition) is 2. The largest absolute Gasteiger partial charge is 0.393 e. The highest BCUT2D eigenvalue weighted by atomic mass is 16.3. The summed E-state index contributed by atoms with van der Waals surface area (Å²) in [5, 5.41) is 21.2. The molecule has 5 rings (SSSR count). The Bertz CT molecular complexity index is 717. The maximum Gasteiger partial charge on any atom is 0.0792 e. The lowest BCUT2D eigenvalue weighted by molar-refractivity contribution is -0.128. The molecule has 0 spiro atoms. The number of hydrogen-bond acceptors (Lipinski definition) is 2. The second kappa shape index (κ2) is 7.38. The molecule has 4 saturated carbocycles. The molecule has 9 atom stereocenters. The van der Waals surface area contributed by atoms with Crippen LogP contribution in [0.2, 0.25) is 0 Å². The van der Waals surface area contributed by atoms with Gasteiger partial charge in [-0.3, -0.25) is 0 Å². The minimum absolute atomic E-state index is 0.0474. The van der Waals surface area contributed by atoms with Gasteiger partial charge in [0, 0.05) is 0 Å². The van der Waals surface area contributed by atoms with E-state index >= 15 is 0 Å². The highest BCUT2D eigenvalue weighted by molar-refractivity contribution is 5.18. The van der Waals surface area contributed by atoms with Gasteiger partial charge in [0.05, 0.1) is 12.2 Å². The van der Waals surface area contributed by atoms with Gasteiger partial charge in [0.1, 0.15) is 0 Å². The van der Waals surface area contributed by atoms with E-state index < -0.39 is 0 Å². The third kappa shape index (κ3) is 3.21. The molecule has 2 N–H and O–H groups in total. The molecule has 0 amide bonds. The molecular weight excluding hydrogens is 356 g/mol. The number of rotatable bonds is 3. The van der Waals surface area contributed by atoms with E-state index in [9.17, 15) is 10.2 Å². The summed E-state index contributed by atoms with van der Waals surface area (Å²) in [7, 11) is 0. The molecule has 160 valence electrons. The van der Waals surface area contributed by atoms with Crippen LogP contribution in [0.5, 0.6) is 0 Å².